The molecule has 1 unspecified atom stereocenters. The fourth-order valence-corrected chi connectivity index (χ4v) is 3.61. The van der Waals surface area contributed by atoms with Crippen molar-refractivity contribution in [3.05, 3.63) is 101 Å². The molecule has 0 saturated carbocycles. The molecule has 1 aliphatic rings. The Morgan fingerprint density at radius 2 is 1.56 bits per heavy atom. The molecule has 0 fully saturated rings. The van der Waals surface area contributed by atoms with E-state index in [9.17, 15) is 26.7 Å². The first-order valence-corrected chi connectivity index (χ1v) is 9.57. The molecule has 1 aliphatic carbocycles. The van der Waals surface area contributed by atoms with E-state index in [0.29, 0.717) is 23.3 Å². The number of hydrogen-bond acceptors (Lipinski definition) is 2. The van der Waals surface area contributed by atoms with Crippen LogP contribution in [-0.2, 0) is 12.6 Å². The van der Waals surface area contributed by atoms with Crippen molar-refractivity contribution in [2.75, 3.05) is 5.32 Å². The quantitative estimate of drug-likeness (QED) is 0.386. The van der Waals surface area contributed by atoms with Crippen molar-refractivity contribution >= 4 is 17.4 Å². The maximum atomic E-state index is 13.7. The van der Waals surface area contributed by atoms with Crippen molar-refractivity contribution in [3.63, 3.8) is 0 Å². The summed E-state index contributed by atoms with van der Waals surface area (Å²) in [4.78, 5) is 12.2. The molecule has 0 heterocycles. The van der Waals surface area contributed by atoms with Crippen molar-refractivity contribution in [1.82, 2.24) is 5.43 Å². The minimum atomic E-state index is -4.47. The zero-order valence-electron chi connectivity index (χ0n) is 16.4. The third-order valence-electron chi connectivity index (χ3n) is 5.12. The van der Waals surface area contributed by atoms with Gasteiger partial charge in [-0.05, 0) is 72.1 Å². The second-order valence-corrected chi connectivity index (χ2v) is 7.25. The van der Waals surface area contributed by atoms with Crippen LogP contribution >= 0.6 is 0 Å². The zero-order valence-corrected chi connectivity index (χ0v) is 16.4. The van der Waals surface area contributed by atoms with Gasteiger partial charge in [0.1, 0.15) is 11.6 Å². The molecule has 0 aromatic heterocycles. The molecule has 32 heavy (non-hydrogen) atoms. The molecule has 0 radical (unpaired) electrons. The number of hydrogen-bond donors (Lipinski definition) is 2. The number of rotatable bonds is 3. The molecule has 3 aromatic rings. The Balaban J connectivity index is 1.54. The molecule has 2 amide bonds. The van der Waals surface area contributed by atoms with Crippen LogP contribution < -0.4 is 10.7 Å². The summed E-state index contributed by atoms with van der Waals surface area (Å²) in [5.41, 5.74) is 4.21. The van der Waals surface area contributed by atoms with Crippen LogP contribution in [0.4, 0.5) is 32.4 Å². The van der Waals surface area contributed by atoms with Gasteiger partial charge in [0.05, 0.1) is 11.3 Å². The van der Waals surface area contributed by atoms with Crippen LogP contribution in [0.5, 0.6) is 0 Å². The Morgan fingerprint density at radius 3 is 2.22 bits per heavy atom. The summed E-state index contributed by atoms with van der Waals surface area (Å²) < 4.78 is 65.0. The molecular formula is C23H16F5N3O. The minimum Gasteiger partial charge on any atom is -0.307 e. The Kier molecular flexibility index (Phi) is 5.65. The first-order chi connectivity index (χ1) is 15.2. The molecule has 4 nitrogen and oxygen atoms in total. The number of fused-ring (bicyclic) bond motifs is 1. The predicted octanol–water partition coefficient (Wildman–Crippen LogP) is 5.85. The van der Waals surface area contributed by atoms with Crippen molar-refractivity contribution in [3.8, 4) is 0 Å². The average Bonchev–Trinajstić information content (AvgIpc) is 3.10. The highest BCUT2D eigenvalue weighted by Gasteiger charge is 2.31. The summed E-state index contributed by atoms with van der Waals surface area (Å²) in [5, 5.41) is 6.59. The summed E-state index contributed by atoms with van der Waals surface area (Å²) in [6.45, 7) is 0. The maximum Gasteiger partial charge on any atom is 0.416 e. The number of nitrogens with one attached hydrogen (secondary N) is 2. The molecule has 0 aliphatic heterocycles. The number of carbonyl (C=O) groups excluding carboxylic acids is 1. The van der Waals surface area contributed by atoms with E-state index in [1.165, 1.54) is 24.3 Å². The fourth-order valence-electron chi connectivity index (χ4n) is 3.61. The Morgan fingerprint density at radius 1 is 0.906 bits per heavy atom. The van der Waals surface area contributed by atoms with Crippen molar-refractivity contribution in [1.29, 1.82) is 0 Å². The number of amides is 2. The van der Waals surface area contributed by atoms with E-state index in [1.807, 2.05) is 0 Å². The van der Waals surface area contributed by atoms with Gasteiger partial charge in [-0.2, -0.15) is 18.3 Å². The molecule has 1 atom stereocenters. The Labute approximate surface area is 179 Å². The lowest BCUT2D eigenvalue weighted by Crippen LogP contribution is -2.26. The number of nitrogens with zero attached hydrogens (tertiary/aromatic N) is 1. The lowest BCUT2D eigenvalue weighted by Gasteiger charge is -2.13. The summed E-state index contributed by atoms with van der Waals surface area (Å²) in [6, 6.07) is 13.2. The van der Waals surface area contributed by atoms with Gasteiger partial charge in [-0.1, -0.05) is 12.1 Å². The Hall–Kier alpha value is -3.75. The second kappa shape index (κ2) is 8.41. The third-order valence-corrected chi connectivity index (χ3v) is 5.12. The maximum absolute atomic E-state index is 13.7. The largest absolute Gasteiger partial charge is 0.416 e. The Bertz CT molecular complexity index is 1170. The SMILES string of the molecule is O=C(NN=C1c2ccc(F)cc2CC1c1ccc(F)cc1)Nc1ccc(C(F)(F)F)cc1. The average molecular weight is 445 g/mol. The normalized spacial score (nSPS) is 16.7. The van der Waals surface area contributed by atoms with Gasteiger partial charge < -0.3 is 5.32 Å². The van der Waals surface area contributed by atoms with Gasteiger partial charge in [0.25, 0.3) is 0 Å². The van der Waals surface area contributed by atoms with Crippen LogP contribution in [0, 0.1) is 11.6 Å². The summed E-state index contributed by atoms with van der Waals surface area (Å²) in [7, 11) is 0. The molecule has 9 heteroatoms. The summed E-state index contributed by atoms with van der Waals surface area (Å²) in [5.74, 6) is -1.14. The number of halogens is 5. The van der Waals surface area contributed by atoms with Crippen LogP contribution in [-0.4, -0.2) is 11.7 Å². The standard InChI is InChI=1S/C23H16F5N3O/c24-16-5-1-13(2-6-16)20-12-14-11-17(25)7-10-19(14)21(20)30-31-22(32)29-18-8-3-15(4-9-18)23(26,27)28/h1-11,20H,12H2,(H2,29,31,32). The van der Waals surface area contributed by atoms with E-state index < -0.39 is 29.4 Å². The predicted molar refractivity (Wildman–Crippen MR) is 109 cm³/mol. The topological polar surface area (TPSA) is 53.5 Å². The van der Waals surface area contributed by atoms with Crippen LogP contribution in [0.3, 0.4) is 0 Å². The van der Waals surface area contributed by atoms with Gasteiger partial charge in [-0.15, -0.1) is 0 Å². The number of carbonyl (C=O) groups is 1. The second-order valence-electron chi connectivity index (χ2n) is 7.25. The van der Waals surface area contributed by atoms with Crippen molar-refractivity contribution in [2.24, 2.45) is 5.10 Å². The monoisotopic (exact) mass is 445 g/mol. The van der Waals surface area contributed by atoms with Crippen molar-refractivity contribution in [2.45, 2.75) is 18.5 Å². The van der Waals surface area contributed by atoms with Gasteiger partial charge in [-0.25, -0.2) is 19.0 Å². The number of anilines is 1. The number of benzene rings is 3. The molecule has 0 bridgehead atoms. The highest BCUT2D eigenvalue weighted by atomic mass is 19.4. The van der Waals surface area contributed by atoms with E-state index in [2.05, 4.69) is 15.8 Å². The molecule has 0 saturated heterocycles. The minimum absolute atomic E-state index is 0.152. The molecule has 4 rings (SSSR count). The zero-order chi connectivity index (χ0) is 22.9. The fraction of sp³-hybridized carbons (Fsp3) is 0.130. The van der Waals surface area contributed by atoms with Gasteiger partial charge in [0.2, 0.25) is 0 Å². The summed E-state index contributed by atoms with van der Waals surface area (Å²) >= 11 is 0. The van der Waals surface area contributed by atoms with E-state index in [1.54, 1.807) is 18.2 Å². The van der Waals surface area contributed by atoms with E-state index in [4.69, 9.17) is 0 Å². The van der Waals surface area contributed by atoms with Gasteiger partial charge in [0.15, 0.2) is 0 Å². The molecule has 164 valence electrons. The first kappa shape index (κ1) is 21.5. The highest BCUT2D eigenvalue weighted by Crippen LogP contribution is 2.35. The van der Waals surface area contributed by atoms with Gasteiger partial charge in [0, 0.05) is 17.2 Å². The lowest BCUT2D eigenvalue weighted by molar-refractivity contribution is -0.137. The van der Waals surface area contributed by atoms with Crippen molar-refractivity contribution < 1.29 is 26.7 Å². The molecule has 2 N–H and O–H groups in total. The third kappa shape index (κ3) is 4.61. The van der Waals surface area contributed by atoms with Crippen LogP contribution in [0.1, 0.15) is 28.2 Å². The van der Waals surface area contributed by atoms with Gasteiger partial charge in [-0.3, -0.25) is 0 Å². The highest BCUT2D eigenvalue weighted by molar-refractivity contribution is 6.09. The molecule has 3 aromatic carbocycles. The van der Waals surface area contributed by atoms with Crippen LogP contribution in [0.2, 0.25) is 0 Å². The van der Waals surface area contributed by atoms with E-state index in [0.717, 1.165) is 29.8 Å². The lowest BCUT2D eigenvalue weighted by atomic mass is 9.95. The van der Waals surface area contributed by atoms with Gasteiger partial charge >= 0.3 is 12.2 Å². The van der Waals surface area contributed by atoms with E-state index >= 15 is 0 Å². The van der Waals surface area contributed by atoms with Crippen LogP contribution in [0.25, 0.3) is 0 Å². The summed E-state index contributed by atoms with van der Waals surface area (Å²) in [6.07, 6.45) is -4.06. The number of alkyl halides is 3. The first-order valence-electron chi connectivity index (χ1n) is 9.57. The molecule has 0 spiro atoms. The number of hydrazone groups is 1. The smallest absolute Gasteiger partial charge is 0.307 e. The van der Waals surface area contributed by atoms with E-state index in [-0.39, 0.29) is 11.6 Å². The number of urea groups is 1. The molecular weight excluding hydrogens is 429 g/mol. The van der Waals surface area contributed by atoms with Crippen LogP contribution in [0.15, 0.2) is 71.8 Å².